The normalized spacial score (nSPS) is 7.78. The predicted molar refractivity (Wildman–Crippen MR) is 44.8 cm³/mol. The van der Waals surface area contributed by atoms with Gasteiger partial charge in [-0.15, -0.1) is 18.0 Å². The van der Waals surface area contributed by atoms with E-state index in [2.05, 4.69) is 12.3 Å². The number of halogens is 2. The number of allylic oxidation sites excluding steroid dienone is 1. The first-order valence-corrected chi connectivity index (χ1v) is 3.55. The fourth-order valence-corrected chi connectivity index (χ4v) is 0.267. The van der Waals surface area contributed by atoms with Crippen LogP contribution in [0.1, 0.15) is 13.3 Å². The summed E-state index contributed by atoms with van der Waals surface area (Å²) in [6.45, 7) is 2.04. The molecular formula is C7H10Cl2. The second-order valence-electron chi connectivity index (χ2n) is 1.11. The molecule has 0 spiro atoms. The van der Waals surface area contributed by atoms with Crippen LogP contribution in [0.15, 0.2) is 11.6 Å². The van der Waals surface area contributed by atoms with Gasteiger partial charge in [0.05, 0.1) is 5.88 Å². The third kappa shape index (κ3) is 32.8. The molecule has 0 aromatic heterocycles. The first-order chi connectivity index (χ1) is 4.33. The van der Waals surface area contributed by atoms with Crippen LogP contribution in [-0.2, 0) is 0 Å². The lowest BCUT2D eigenvalue weighted by Crippen LogP contribution is -1.47. The summed E-state index contributed by atoms with van der Waals surface area (Å²) in [6.07, 6.45) is 7.57. The highest BCUT2D eigenvalue weighted by molar-refractivity contribution is 6.25. The summed E-state index contributed by atoms with van der Waals surface area (Å²) in [4.78, 5) is 0. The standard InChI is InChI=1S/C4H7Cl.C3H3Cl/c1-2-3-4-5;1-2-3-4/h3-4H,2H2,1H3;1H,3H2/b4-3+;. The molecule has 0 rings (SSSR count). The summed E-state index contributed by atoms with van der Waals surface area (Å²) in [5.74, 6) is 2.52. The third-order valence-corrected chi connectivity index (χ3v) is 0.734. The zero-order valence-electron chi connectivity index (χ0n) is 5.40. The molecular weight excluding hydrogens is 155 g/mol. The van der Waals surface area contributed by atoms with Crippen molar-refractivity contribution in [1.29, 1.82) is 0 Å². The zero-order valence-corrected chi connectivity index (χ0v) is 6.91. The van der Waals surface area contributed by atoms with E-state index in [1.165, 1.54) is 5.54 Å². The molecule has 0 fully saturated rings. The van der Waals surface area contributed by atoms with Crippen LogP contribution < -0.4 is 0 Å². The molecule has 52 valence electrons. The van der Waals surface area contributed by atoms with Gasteiger partial charge in [-0.25, -0.2) is 0 Å². The van der Waals surface area contributed by atoms with Crippen LogP contribution >= 0.6 is 23.2 Å². The van der Waals surface area contributed by atoms with E-state index >= 15 is 0 Å². The van der Waals surface area contributed by atoms with E-state index in [1.807, 2.05) is 13.0 Å². The van der Waals surface area contributed by atoms with Crippen molar-refractivity contribution in [2.24, 2.45) is 0 Å². The minimum Gasteiger partial charge on any atom is -0.119 e. The van der Waals surface area contributed by atoms with Crippen molar-refractivity contribution >= 4 is 23.2 Å². The summed E-state index contributed by atoms with van der Waals surface area (Å²) in [5, 5.41) is 0. The molecule has 0 amide bonds. The molecule has 0 aliphatic heterocycles. The average molecular weight is 165 g/mol. The number of rotatable bonds is 1. The second kappa shape index (κ2) is 15.7. The first-order valence-electron chi connectivity index (χ1n) is 2.58. The quantitative estimate of drug-likeness (QED) is 0.413. The van der Waals surface area contributed by atoms with Crippen LogP contribution in [0.4, 0.5) is 0 Å². The van der Waals surface area contributed by atoms with Gasteiger partial charge in [0.25, 0.3) is 0 Å². The van der Waals surface area contributed by atoms with E-state index in [0.29, 0.717) is 5.88 Å². The van der Waals surface area contributed by atoms with Gasteiger partial charge in [-0.2, -0.15) is 0 Å². The highest BCUT2D eigenvalue weighted by Gasteiger charge is 1.53. The number of hydrogen-bond acceptors (Lipinski definition) is 0. The second-order valence-corrected chi connectivity index (χ2v) is 1.63. The molecule has 0 radical (unpaired) electrons. The maximum absolute atomic E-state index is 5.12. The molecule has 0 aromatic carbocycles. The van der Waals surface area contributed by atoms with Crippen LogP contribution in [0.5, 0.6) is 0 Å². The van der Waals surface area contributed by atoms with Crippen LogP contribution in [-0.4, -0.2) is 5.88 Å². The van der Waals surface area contributed by atoms with Crippen molar-refractivity contribution in [2.75, 3.05) is 5.88 Å². The summed E-state index contributed by atoms with van der Waals surface area (Å²) in [6, 6.07) is 0. The lowest BCUT2D eigenvalue weighted by Gasteiger charge is -1.63. The van der Waals surface area contributed by atoms with Crippen LogP contribution in [0.25, 0.3) is 0 Å². The van der Waals surface area contributed by atoms with E-state index in [-0.39, 0.29) is 0 Å². The van der Waals surface area contributed by atoms with Gasteiger partial charge in [-0.3, -0.25) is 0 Å². The molecule has 0 aliphatic carbocycles. The first kappa shape index (κ1) is 11.6. The van der Waals surface area contributed by atoms with Crippen molar-refractivity contribution in [3.05, 3.63) is 11.6 Å². The van der Waals surface area contributed by atoms with E-state index in [0.717, 1.165) is 6.42 Å². The Balaban J connectivity index is 0. The molecule has 0 N–H and O–H groups in total. The Morgan fingerprint density at radius 3 is 2.11 bits per heavy atom. The van der Waals surface area contributed by atoms with Gasteiger partial charge in [0.2, 0.25) is 0 Å². The minimum atomic E-state index is 0.319. The van der Waals surface area contributed by atoms with Crippen molar-refractivity contribution in [1.82, 2.24) is 0 Å². The van der Waals surface area contributed by atoms with Gasteiger partial charge in [0, 0.05) is 5.54 Å². The van der Waals surface area contributed by atoms with Crippen molar-refractivity contribution in [3.63, 3.8) is 0 Å². The van der Waals surface area contributed by atoms with Crippen LogP contribution in [0.2, 0.25) is 0 Å². The summed E-state index contributed by atoms with van der Waals surface area (Å²) in [7, 11) is 0. The van der Waals surface area contributed by atoms with Crippen LogP contribution in [0, 0.1) is 12.3 Å². The number of hydrogen-bond donors (Lipinski definition) is 0. The van der Waals surface area contributed by atoms with Gasteiger partial charge in [0.1, 0.15) is 0 Å². The lowest BCUT2D eigenvalue weighted by atomic mass is 10.5. The van der Waals surface area contributed by atoms with Gasteiger partial charge >= 0.3 is 0 Å². The fourth-order valence-electron chi connectivity index (χ4n) is 0.0891. The zero-order chi connectivity index (χ0) is 7.54. The Hall–Kier alpha value is -0.120. The Labute approximate surface area is 66.9 Å². The summed E-state index contributed by atoms with van der Waals surface area (Å²) < 4.78 is 0. The average Bonchev–Trinajstić information content (AvgIpc) is 1.91. The molecule has 0 unspecified atom stereocenters. The Kier molecular flexibility index (Phi) is 20.3. The maximum Gasteiger partial charge on any atom is 0.0832 e. The highest BCUT2D eigenvalue weighted by atomic mass is 35.5. The maximum atomic E-state index is 5.12. The Bertz CT molecular complexity index is 89.6. The number of terminal acetylenes is 1. The molecule has 0 aromatic rings. The highest BCUT2D eigenvalue weighted by Crippen LogP contribution is 1.80. The van der Waals surface area contributed by atoms with Crippen molar-refractivity contribution in [2.45, 2.75) is 13.3 Å². The topological polar surface area (TPSA) is 0 Å². The molecule has 0 saturated heterocycles. The molecule has 0 saturated carbocycles. The lowest BCUT2D eigenvalue weighted by molar-refractivity contribution is 1.23. The molecule has 0 atom stereocenters. The monoisotopic (exact) mass is 164 g/mol. The predicted octanol–water partition coefficient (Wildman–Crippen LogP) is 3.01. The summed E-state index contributed by atoms with van der Waals surface area (Å²) >= 11 is 10.1. The van der Waals surface area contributed by atoms with Gasteiger partial charge < -0.3 is 0 Å². The van der Waals surface area contributed by atoms with Crippen molar-refractivity contribution in [3.8, 4) is 12.3 Å². The molecule has 0 aliphatic rings. The van der Waals surface area contributed by atoms with E-state index < -0.39 is 0 Å². The molecule has 2 heteroatoms. The largest absolute Gasteiger partial charge is 0.119 e. The Morgan fingerprint density at radius 2 is 2.11 bits per heavy atom. The van der Waals surface area contributed by atoms with E-state index in [1.54, 1.807) is 0 Å². The van der Waals surface area contributed by atoms with E-state index in [4.69, 9.17) is 23.2 Å². The van der Waals surface area contributed by atoms with Gasteiger partial charge in [-0.1, -0.05) is 30.5 Å². The van der Waals surface area contributed by atoms with Crippen molar-refractivity contribution < 1.29 is 0 Å². The minimum absolute atomic E-state index is 0.319. The molecule has 9 heavy (non-hydrogen) atoms. The SMILES string of the molecule is C#CCCl.CC/C=C/Cl. The molecule has 0 heterocycles. The molecule has 0 nitrogen and oxygen atoms in total. The Morgan fingerprint density at radius 1 is 1.67 bits per heavy atom. The molecule has 0 bridgehead atoms. The van der Waals surface area contributed by atoms with Gasteiger partial charge in [-0.05, 0) is 6.42 Å². The third-order valence-electron chi connectivity index (χ3n) is 0.402. The van der Waals surface area contributed by atoms with Gasteiger partial charge in [0.15, 0.2) is 0 Å². The number of alkyl halides is 1. The smallest absolute Gasteiger partial charge is 0.0832 e. The summed E-state index contributed by atoms with van der Waals surface area (Å²) in [5.41, 5.74) is 1.53. The van der Waals surface area contributed by atoms with Crippen LogP contribution in [0.3, 0.4) is 0 Å². The van der Waals surface area contributed by atoms with E-state index in [9.17, 15) is 0 Å². The fraction of sp³-hybridized carbons (Fsp3) is 0.429.